The molecule has 0 spiro atoms. The highest BCUT2D eigenvalue weighted by molar-refractivity contribution is 5.96. The lowest BCUT2D eigenvalue weighted by Crippen LogP contribution is -2.31. The Morgan fingerprint density at radius 3 is 3.13 bits per heavy atom. The average molecular weight is 207 g/mol. The van der Waals surface area contributed by atoms with Gasteiger partial charge in [-0.3, -0.25) is 4.79 Å². The van der Waals surface area contributed by atoms with Crippen molar-refractivity contribution in [1.29, 1.82) is 0 Å². The van der Waals surface area contributed by atoms with Crippen molar-refractivity contribution in [3.05, 3.63) is 18.2 Å². The van der Waals surface area contributed by atoms with Crippen molar-refractivity contribution in [2.24, 2.45) is 13.0 Å². The molecule has 4 nitrogen and oxygen atoms in total. The minimum Gasteiger partial charge on any atom is -0.331 e. The van der Waals surface area contributed by atoms with Crippen LogP contribution in [0.2, 0.25) is 0 Å². The van der Waals surface area contributed by atoms with Gasteiger partial charge in [-0.1, -0.05) is 6.92 Å². The van der Waals surface area contributed by atoms with E-state index in [-0.39, 0.29) is 11.7 Å². The predicted octanol–water partition coefficient (Wildman–Crippen LogP) is 0.991. The van der Waals surface area contributed by atoms with Gasteiger partial charge in [-0.05, 0) is 19.4 Å². The third kappa shape index (κ3) is 1.81. The lowest BCUT2D eigenvalue weighted by atomic mass is 9.92. The Balaban J connectivity index is 2.18. The smallest absolute Gasteiger partial charge is 0.185 e. The second-order valence-corrected chi connectivity index (χ2v) is 4.12. The lowest BCUT2D eigenvalue weighted by molar-refractivity contribution is 0.0900. The van der Waals surface area contributed by atoms with E-state index in [0.717, 1.165) is 25.1 Å². The van der Waals surface area contributed by atoms with Gasteiger partial charge >= 0.3 is 0 Å². The van der Waals surface area contributed by atoms with Gasteiger partial charge in [0.25, 0.3) is 0 Å². The van der Waals surface area contributed by atoms with Gasteiger partial charge in [-0.25, -0.2) is 4.98 Å². The van der Waals surface area contributed by atoms with Gasteiger partial charge in [-0.2, -0.15) is 0 Å². The van der Waals surface area contributed by atoms with Gasteiger partial charge in [0.2, 0.25) is 0 Å². The maximum absolute atomic E-state index is 12.2. The molecule has 1 aromatic heterocycles. The van der Waals surface area contributed by atoms with E-state index in [0.29, 0.717) is 6.04 Å². The van der Waals surface area contributed by atoms with Crippen molar-refractivity contribution < 1.29 is 4.79 Å². The van der Waals surface area contributed by atoms with Crippen LogP contribution in [0.5, 0.6) is 0 Å². The zero-order valence-corrected chi connectivity index (χ0v) is 9.23. The molecule has 0 bridgehead atoms. The number of carbonyl (C=O) groups excluding carboxylic acids is 1. The van der Waals surface area contributed by atoms with Gasteiger partial charge in [0.1, 0.15) is 5.69 Å². The van der Waals surface area contributed by atoms with E-state index >= 15 is 0 Å². The monoisotopic (exact) mass is 207 g/mol. The van der Waals surface area contributed by atoms with E-state index in [2.05, 4.69) is 17.2 Å². The van der Waals surface area contributed by atoms with Crippen molar-refractivity contribution in [2.75, 3.05) is 6.54 Å². The molecule has 2 heterocycles. The summed E-state index contributed by atoms with van der Waals surface area (Å²) < 4.78 is 1.80. The largest absolute Gasteiger partial charge is 0.331 e. The normalized spacial score (nSPS) is 25.7. The number of Topliss-reactive ketones (excluding diaryl/α,β-unsaturated/α-hetero) is 1. The Morgan fingerprint density at radius 1 is 1.73 bits per heavy atom. The number of nitrogens with one attached hydrogen (secondary N) is 1. The molecule has 15 heavy (non-hydrogen) atoms. The number of rotatable bonds is 3. The number of ketones is 1. The van der Waals surface area contributed by atoms with Crippen LogP contribution in [0.25, 0.3) is 0 Å². The van der Waals surface area contributed by atoms with E-state index in [1.807, 2.05) is 7.05 Å². The summed E-state index contributed by atoms with van der Waals surface area (Å²) in [5.74, 6) is 0.359. The average Bonchev–Trinajstić information content (AvgIpc) is 2.84. The first kappa shape index (κ1) is 10.4. The number of hydrogen-bond donors (Lipinski definition) is 1. The fourth-order valence-corrected chi connectivity index (χ4v) is 2.29. The van der Waals surface area contributed by atoms with Crippen molar-refractivity contribution in [3.8, 4) is 0 Å². The summed E-state index contributed by atoms with van der Waals surface area (Å²) in [4.78, 5) is 16.2. The summed E-state index contributed by atoms with van der Waals surface area (Å²) in [6.07, 6.45) is 5.29. The first-order valence-corrected chi connectivity index (χ1v) is 5.48. The highest BCUT2D eigenvalue weighted by Gasteiger charge is 2.32. The first-order valence-electron chi connectivity index (χ1n) is 5.48. The molecule has 0 saturated carbocycles. The molecular formula is C11H17N3O. The van der Waals surface area contributed by atoms with Crippen LogP contribution in [0.1, 0.15) is 30.3 Å². The zero-order valence-electron chi connectivity index (χ0n) is 9.23. The van der Waals surface area contributed by atoms with Crippen LogP contribution < -0.4 is 5.32 Å². The van der Waals surface area contributed by atoms with Crippen molar-refractivity contribution in [3.63, 3.8) is 0 Å². The van der Waals surface area contributed by atoms with Crippen LogP contribution in [-0.4, -0.2) is 27.9 Å². The van der Waals surface area contributed by atoms with Gasteiger partial charge in [-0.15, -0.1) is 0 Å². The molecule has 1 saturated heterocycles. The second-order valence-electron chi connectivity index (χ2n) is 4.12. The van der Waals surface area contributed by atoms with Crippen molar-refractivity contribution >= 4 is 5.78 Å². The van der Waals surface area contributed by atoms with Crippen LogP contribution in [0.4, 0.5) is 0 Å². The molecule has 1 fully saturated rings. The Hall–Kier alpha value is -1.16. The van der Waals surface area contributed by atoms with Gasteiger partial charge in [0, 0.05) is 19.0 Å². The number of aryl methyl sites for hydroxylation is 1. The minimum atomic E-state index is 0.130. The van der Waals surface area contributed by atoms with E-state index in [9.17, 15) is 4.79 Å². The second kappa shape index (κ2) is 4.14. The third-order valence-electron chi connectivity index (χ3n) is 3.19. The summed E-state index contributed by atoms with van der Waals surface area (Å²) >= 11 is 0. The number of imidazole rings is 1. The zero-order chi connectivity index (χ0) is 10.8. The van der Waals surface area contributed by atoms with E-state index < -0.39 is 0 Å². The van der Waals surface area contributed by atoms with Crippen LogP contribution in [0.3, 0.4) is 0 Å². The highest BCUT2D eigenvalue weighted by atomic mass is 16.1. The molecule has 1 aromatic rings. The third-order valence-corrected chi connectivity index (χ3v) is 3.19. The first-order chi connectivity index (χ1) is 7.24. The van der Waals surface area contributed by atoms with E-state index in [1.165, 1.54) is 0 Å². The van der Waals surface area contributed by atoms with Crippen LogP contribution in [-0.2, 0) is 7.05 Å². The molecule has 1 N–H and O–H groups in total. The summed E-state index contributed by atoms with van der Waals surface area (Å²) in [5, 5.41) is 3.37. The number of hydrogen-bond acceptors (Lipinski definition) is 3. The maximum atomic E-state index is 12.2. The molecule has 0 radical (unpaired) electrons. The Labute approximate surface area is 89.7 Å². The van der Waals surface area contributed by atoms with Crippen molar-refractivity contribution in [2.45, 2.75) is 25.8 Å². The quantitative estimate of drug-likeness (QED) is 0.752. The van der Waals surface area contributed by atoms with Gasteiger partial charge in [0.15, 0.2) is 5.78 Å². The summed E-state index contributed by atoms with van der Waals surface area (Å²) in [6, 6.07) is 0.340. The van der Waals surface area contributed by atoms with Crippen LogP contribution in [0, 0.1) is 5.92 Å². The molecule has 2 atom stereocenters. The molecule has 2 rings (SSSR count). The summed E-state index contributed by atoms with van der Waals surface area (Å²) in [7, 11) is 1.86. The topological polar surface area (TPSA) is 46.9 Å². The summed E-state index contributed by atoms with van der Waals surface area (Å²) in [5.41, 5.74) is 0.724. The van der Waals surface area contributed by atoms with Gasteiger partial charge in [0.05, 0.1) is 12.5 Å². The SMILES string of the molecule is CCC1NCCC1C(=O)c1cncn1C. The molecular weight excluding hydrogens is 190 g/mol. The van der Waals surface area contributed by atoms with E-state index in [1.54, 1.807) is 17.1 Å². The molecule has 1 aliphatic heterocycles. The molecule has 1 aliphatic rings. The fourth-order valence-electron chi connectivity index (χ4n) is 2.29. The van der Waals surface area contributed by atoms with Crippen molar-refractivity contribution in [1.82, 2.24) is 14.9 Å². The van der Waals surface area contributed by atoms with E-state index in [4.69, 9.17) is 0 Å². The Kier molecular flexibility index (Phi) is 2.86. The lowest BCUT2D eigenvalue weighted by Gasteiger charge is -2.16. The Bertz CT molecular complexity index is 358. The Morgan fingerprint density at radius 2 is 2.53 bits per heavy atom. The molecule has 0 amide bonds. The van der Waals surface area contributed by atoms with Gasteiger partial charge < -0.3 is 9.88 Å². The fraction of sp³-hybridized carbons (Fsp3) is 0.636. The number of aromatic nitrogens is 2. The number of carbonyl (C=O) groups is 1. The standard InChI is InChI=1S/C11H17N3O/c1-3-9-8(4-5-13-9)11(15)10-6-12-7-14(10)2/h6-9,13H,3-5H2,1-2H3. The molecule has 4 heteroatoms. The summed E-state index contributed by atoms with van der Waals surface area (Å²) in [6.45, 7) is 3.07. The van der Waals surface area contributed by atoms with Crippen LogP contribution in [0.15, 0.2) is 12.5 Å². The maximum Gasteiger partial charge on any atom is 0.185 e. The number of nitrogens with zero attached hydrogens (tertiary/aromatic N) is 2. The van der Waals surface area contributed by atoms with Crippen LogP contribution >= 0.6 is 0 Å². The minimum absolute atomic E-state index is 0.130. The highest BCUT2D eigenvalue weighted by Crippen LogP contribution is 2.22. The molecule has 82 valence electrons. The predicted molar refractivity (Wildman–Crippen MR) is 57.7 cm³/mol. The molecule has 0 aromatic carbocycles. The molecule has 2 unspecified atom stereocenters. The molecule has 0 aliphatic carbocycles.